The molecule has 0 atom stereocenters. The average Bonchev–Trinajstić information content (AvgIpc) is 2.89. The summed E-state index contributed by atoms with van der Waals surface area (Å²) in [4.78, 5) is 13.9. The first-order valence-electron chi connectivity index (χ1n) is 5.37. The predicted octanol–water partition coefficient (Wildman–Crippen LogP) is 1.89. The van der Waals surface area contributed by atoms with Gasteiger partial charge in [0.2, 0.25) is 0 Å². The molecule has 0 saturated carbocycles. The van der Waals surface area contributed by atoms with Crippen LogP contribution >= 0.6 is 0 Å². The van der Waals surface area contributed by atoms with Crippen molar-refractivity contribution in [3.8, 4) is 0 Å². The number of aryl methyl sites for hydroxylation is 2. The van der Waals surface area contributed by atoms with E-state index in [9.17, 15) is 4.79 Å². The summed E-state index contributed by atoms with van der Waals surface area (Å²) >= 11 is 0. The first-order valence-corrected chi connectivity index (χ1v) is 5.37. The van der Waals surface area contributed by atoms with Crippen LogP contribution in [0.25, 0.3) is 0 Å². The van der Waals surface area contributed by atoms with Crippen LogP contribution in [0.15, 0.2) is 23.0 Å². The molecule has 1 N–H and O–H groups in total. The molecule has 5 nitrogen and oxygen atoms in total. The van der Waals surface area contributed by atoms with Crippen molar-refractivity contribution in [2.24, 2.45) is 0 Å². The SMILES string of the molecule is Cc1n[nH]c(C)c1C(=O)N(C)Cc1ccoc1. The van der Waals surface area contributed by atoms with Gasteiger partial charge in [0.15, 0.2) is 0 Å². The van der Waals surface area contributed by atoms with Crippen molar-refractivity contribution in [3.63, 3.8) is 0 Å². The number of aromatic nitrogens is 2. The second-order valence-electron chi connectivity index (χ2n) is 4.10. The lowest BCUT2D eigenvalue weighted by molar-refractivity contribution is 0.0783. The van der Waals surface area contributed by atoms with Gasteiger partial charge in [-0.25, -0.2) is 0 Å². The summed E-state index contributed by atoms with van der Waals surface area (Å²) in [6.07, 6.45) is 3.24. The summed E-state index contributed by atoms with van der Waals surface area (Å²) in [7, 11) is 1.77. The highest BCUT2D eigenvalue weighted by molar-refractivity contribution is 5.96. The molecule has 0 aliphatic rings. The van der Waals surface area contributed by atoms with Gasteiger partial charge >= 0.3 is 0 Å². The molecule has 5 heteroatoms. The van der Waals surface area contributed by atoms with Crippen LogP contribution in [0.4, 0.5) is 0 Å². The van der Waals surface area contributed by atoms with Gasteiger partial charge < -0.3 is 9.32 Å². The maximum atomic E-state index is 12.2. The lowest BCUT2D eigenvalue weighted by Crippen LogP contribution is -2.26. The minimum Gasteiger partial charge on any atom is -0.472 e. The summed E-state index contributed by atoms with van der Waals surface area (Å²) in [5.74, 6) is -0.0325. The molecule has 0 unspecified atom stereocenters. The zero-order valence-electron chi connectivity index (χ0n) is 10.2. The van der Waals surface area contributed by atoms with E-state index in [0.29, 0.717) is 12.1 Å². The molecule has 0 fully saturated rings. The molecule has 2 rings (SSSR count). The van der Waals surface area contributed by atoms with E-state index >= 15 is 0 Å². The number of rotatable bonds is 3. The largest absolute Gasteiger partial charge is 0.472 e. The minimum absolute atomic E-state index is 0.0325. The van der Waals surface area contributed by atoms with Crippen LogP contribution in [0.5, 0.6) is 0 Å². The Balaban J connectivity index is 2.15. The number of nitrogens with one attached hydrogen (secondary N) is 1. The minimum atomic E-state index is -0.0325. The number of amides is 1. The monoisotopic (exact) mass is 233 g/mol. The summed E-state index contributed by atoms with van der Waals surface area (Å²) < 4.78 is 4.98. The summed E-state index contributed by atoms with van der Waals surface area (Å²) in [5, 5.41) is 6.84. The van der Waals surface area contributed by atoms with Crippen molar-refractivity contribution in [1.29, 1.82) is 0 Å². The van der Waals surface area contributed by atoms with Crippen LogP contribution < -0.4 is 0 Å². The molecule has 0 aliphatic carbocycles. The quantitative estimate of drug-likeness (QED) is 0.880. The fourth-order valence-electron chi connectivity index (χ4n) is 1.79. The molecule has 0 aliphatic heterocycles. The van der Waals surface area contributed by atoms with Gasteiger partial charge in [-0.05, 0) is 19.9 Å². The Bertz CT molecular complexity index is 494. The number of nitrogens with zero attached hydrogens (tertiary/aromatic N) is 2. The Kier molecular flexibility index (Phi) is 2.99. The zero-order valence-corrected chi connectivity index (χ0v) is 10.2. The molecular formula is C12H15N3O2. The van der Waals surface area contributed by atoms with Gasteiger partial charge in [0.05, 0.1) is 23.8 Å². The lowest BCUT2D eigenvalue weighted by atomic mass is 10.1. The second-order valence-corrected chi connectivity index (χ2v) is 4.10. The molecule has 1 amide bonds. The van der Waals surface area contributed by atoms with Crippen molar-refractivity contribution in [1.82, 2.24) is 15.1 Å². The Morgan fingerprint density at radius 1 is 1.53 bits per heavy atom. The highest BCUT2D eigenvalue weighted by atomic mass is 16.3. The number of hydrogen-bond acceptors (Lipinski definition) is 3. The Hall–Kier alpha value is -2.04. The number of H-pyrrole nitrogens is 1. The lowest BCUT2D eigenvalue weighted by Gasteiger charge is -2.16. The third-order valence-electron chi connectivity index (χ3n) is 2.69. The average molecular weight is 233 g/mol. The van der Waals surface area contributed by atoms with Crippen LogP contribution in [0.2, 0.25) is 0 Å². The first kappa shape index (κ1) is 11.4. The highest BCUT2D eigenvalue weighted by Crippen LogP contribution is 2.13. The van der Waals surface area contributed by atoms with Crippen LogP contribution in [-0.2, 0) is 6.54 Å². The van der Waals surface area contributed by atoms with E-state index in [-0.39, 0.29) is 5.91 Å². The summed E-state index contributed by atoms with van der Waals surface area (Å²) in [5.41, 5.74) is 3.15. The van der Waals surface area contributed by atoms with Gasteiger partial charge in [0.25, 0.3) is 5.91 Å². The van der Waals surface area contributed by atoms with Crippen molar-refractivity contribution < 1.29 is 9.21 Å². The maximum absolute atomic E-state index is 12.2. The number of carbonyl (C=O) groups is 1. The second kappa shape index (κ2) is 4.45. The molecule has 17 heavy (non-hydrogen) atoms. The van der Waals surface area contributed by atoms with E-state index in [1.165, 1.54) is 0 Å². The van der Waals surface area contributed by atoms with Gasteiger partial charge in [-0.2, -0.15) is 5.10 Å². The van der Waals surface area contributed by atoms with Crippen molar-refractivity contribution >= 4 is 5.91 Å². The molecule has 2 aromatic rings. The number of aromatic amines is 1. The van der Waals surface area contributed by atoms with Crippen LogP contribution in [-0.4, -0.2) is 28.1 Å². The van der Waals surface area contributed by atoms with E-state index in [2.05, 4.69) is 10.2 Å². The van der Waals surface area contributed by atoms with Crippen molar-refractivity contribution in [3.05, 3.63) is 41.1 Å². The summed E-state index contributed by atoms with van der Waals surface area (Å²) in [6.45, 7) is 4.20. The third-order valence-corrected chi connectivity index (χ3v) is 2.69. The Labute approximate surface area is 99.4 Å². The summed E-state index contributed by atoms with van der Waals surface area (Å²) in [6, 6.07) is 1.85. The van der Waals surface area contributed by atoms with Gasteiger partial charge in [0.1, 0.15) is 0 Å². The van der Waals surface area contributed by atoms with E-state index < -0.39 is 0 Å². The fourth-order valence-corrected chi connectivity index (χ4v) is 1.79. The van der Waals surface area contributed by atoms with Crippen LogP contribution in [0.3, 0.4) is 0 Å². The molecular weight excluding hydrogens is 218 g/mol. The molecule has 0 bridgehead atoms. The fraction of sp³-hybridized carbons (Fsp3) is 0.333. The molecule has 0 saturated heterocycles. The van der Waals surface area contributed by atoms with Gasteiger partial charge in [-0.15, -0.1) is 0 Å². The maximum Gasteiger partial charge on any atom is 0.257 e. The molecule has 2 heterocycles. The van der Waals surface area contributed by atoms with Gasteiger partial charge in [-0.1, -0.05) is 0 Å². The molecule has 0 spiro atoms. The van der Waals surface area contributed by atoms with Crippen LogP contribution in [0, 0.1) is 13.8 Å². The molecule has 90 valence electrons. The zero-order chi connectivity index (χ0) is 12.4. The smallest absolute Gasteiger partial charge is 0.257 e. The Morgan fingerprint density at radius 3 is 2.82 bits per heavy atom. The third kappa shape index (κ3) is 2.22. The Morgan fingerprint density at radius 2 is 2.29 bits per heavy atom. The van der Waals surface area contributed by atoms with E-state index in [1.54, 1.807) is 24.5 Å². The van der Waals surface area contributed by atoms with Crippen molar-refractivity contribution in [2.75, 3.05) is 7.05 Å². The van der Waals surface area contributed by atoms with E-state index in [0.717, 1.165) is 17.0 Å². The standard InChI is InChI=1S/C12H15N3O2/c1-8-11(9(2)14-13-8)12(16)15(3)6-10-4-5-17-7-10/h4-5,7H,6H2,1-3H3,(H,13,14). The van der Waals surface area contributed by atoms with E-state index in [1.807, 2.05) is 19.9 Å². The highest BCUT2D eigenvalue weighted by Gasteiger charge is 2.19. The molecule has 2 aromatic heterocycles. The van der Waals surface area contributed by atoms with Gasteiger partial charge in [-0.3, -0.25) is 9.89 Å². The number of furan rings is 1. The van der Waals surface area contributed by atoms with Crippen LogP contribution in [0.1, 0.15) is 27.3 Å². The van der Waals surface area contributed by atoms with E-state index in [4.69, 9.17) is 4.42 Å². The molecule has 0 radical (unpaired) electrons. The number of hydrogen-bond donors (Lipinski definition) is 1. The normalized spacial score (nSPS) is 10.5. The predicted molar refractivity (Wildman–Crippen MR) is 62.6 cm³/mol. The van der Waals surface area contributed by atoms with Gasteiger partial charge in [0, 0.05) is 24.8 Å². The number of carbonyl (C=O) groups excluding carboxylic acids is 1. The van der Waals surface area contributed by atoms with Crippen molar-refractivity contribution in [2.45, 2.75) is 20.4 Å². The first-order chi connectivity index (χ1) is 8.09. The topological polar surface area (TPSA) is 62.1 Å². The molecule has 0 aromatic carbocycles.